The smallest absolute Gasteiger partial charge is 0.363 e. The van der Waals surface area contributed by atoms with Crippen molar-refractivity contribution < 1.29 is 18.0 Å². The summed E-state index contributed by atoms with van der Waals surface area (Å²) in [6.45, 7) is 7.96. The summed E-state index contributed by atoms with van der Waals surface area (Å²) in [6, 6.07) is 5.74. The van der Waals surface area contributed by atoms with Crippen LogP contribution in [0.1, 0.15) is 48.8 Å². The lowest BCUT2D eigenvalue weighted by atomic mass is 9.97. The van der Waals surface area contributed by atoms with Crippen molar-refractivity contribution in [3.63, 3.8) is 0 Å². The van der Waals surface area contributed by atoms with Gasteiger partial charge in [0, 0.05) is 31.4 Å². The van der Waals surface area contributed by atoms with E-state index >= 15 is 0 Å². The zero-order chi connectivity index (χ0) is 24.6. The second kappa shape index (κ2) is 9.08. The number of pyridine rings is 1. The number of carbonyl (C=O) groups excluding carboxylic acids is 1. The molecule has 0 aliphatic carbocycles. The first-order valence-electron chi connectivity index (χ1n) is 11.1. The van der Waals surface area contributed by atoms with E-state index in [4.69, 9.17) is 0 Å². The average Bonchev–Trinajstić information content (AvgIpc) is 3.20. The number of halogens is 3. The van der Waals surface area contributed by atoms with Crippen molar-refractivity contribution in [2.24, 2.45) is 0 Å². The Kier molecular flexibility index (Phi) is 6.33. The summed E-state index contributed by atoms with van der Waals surface area (Å²) < 4.78 is 40.2. The van der Waals surface area contributed by atoms with Crippen LogP contribution in [0.4, 0.5) is 24.8 Å². The van der Waals surface area contributed by atoms with Crippen LogP contribution in [0.15, 0.2) is 30.5 Å². The van der Waals surface area contributed by atoms with Crippen molar-refractivity contribution in [3.8, 4) is 0 Å². The van der Waals surface area contributed by atoms with Crippen LogP contribution in [-0.4, -0.2) is 40.0 Å². The molecule has 2 atom stereocenters. The Morgan fingerprint density at radius 2 is 2.00 bits per heavy atom. The molecule has 0 spiro atoms. The lowest BCUT2D eigenvalue weighted by molar-refractivity contribution is -0.138. The molecule has 180 valence electrons. The maximum absolute atomic E-state index is 13.4. The first-order valence-corrected chi connectivity index (χ1v) is 11.1. The Balaban J connectivity index is 1.65. The molecule has 1 aromatic carbocycles. The van der Waals surface area contributed by atoms with Crippen LogP contribution in [0.25, 0.3) is 10.9 Å². The monoisotopic (exact) mass is 472 g/mol. The van der Waals surface area contributed by atoms with Crippen LogP contribution in [0.5, 0.6) is 0 Å². The molecule has 1 aliphatic heterocycles. The van der Waals surface area contributed by atoms with Gasteiger partial charge < -0.3 is 15.5 Å². The second-order valence-electron chi connectivity index (χ2n) is 8.69. The number of amides is 1. The molecular formula is C24H27F3N6O. The largest absolute Gasteiger partial charge is 0.416 e. The first kappa shape index (κ1) is 23.7. The topological polar surface area (TPSA) is 83.0 Å². The van der Waals surface area contributed by atoms with E-state index in [1.807, 2.05) is 13.0 Å². The highest BCUT2D eigenvalue weighted by Gasteiger charge is 2.33. The molecule has 34 heavy (non-hydrogen) atoms. The van der Waals surface area contributed by atoms with Crippen LogP contribution in [0, 0.1) is 13.8 Å². The van der Waals surface area contributed by atoms with Gasteiger partial charge in [0.15, 0.2) is 0 Å². The SMILES string of the molecule is CC(=O)N[C@@H]1CCN(c2cc3c(N[C@H](C)c4cccc(C(F)(F)F)c4C)nc(C)nc3cn2)C1. The molecule has 7 nitrogen and oxygen atoms in total. The number of rotatable bonds is 5. The Hall–Kier alpha value is -3.43. The quantitative estimate of drug-likeness (QED) is 0.567. The predicted molar refractivity (Wildman–Crippen MR) is 125 cm³/mol. The van der Waals surface area contributed by atoms with E-state index in [2.05, 4.69) is 30.5 Å². The van der Waals surface area contributed by atoms with E-state index in [1.54, 1.807) is 19.2 Å². The number of hydrogen-bond acceptors (Lipinski definition) is 6. The summed E-state index contributed by atoms with van der Waals surface area (Å²) in [5.74, 6) is 1.74. The van der Waals surface area contributed by atoms with Crippen LogP contribution < -0.4 is 15.5 Å². The third-order valence-corrected chi connectivity index (χ3v) is 6.10. The summed E-state index contributed by atoms with van der Waals surface area (Å²) in [7, 11) is 0. The fraction of sp³-hybridized carbons (Fsp3) is 0.417. The van der Waals surface area contributed by atoms with Gasteiger partial charge in [-0.05, 0) is 50.5 Å². The molecule has 3 aromatic rings. The molecule has 0 saturated carbocycles. The van der Waals surface area contributed by atoms with Crippen molar-refractivity contribution in [3.05, 3.63) is 53.0 Å². The number of benzene rings is 1. The van der Waals surface area contributed by atoms with E-state index in [-0.39, 0.29) is 17.5 Å². The van der Waals surface area contributed by atoms with Gasteiger partial charge in [-0.2, -0.15) is 13.2 Å². The second-order valence-corrected chi connectivity index (χ2v) is 8.69. The van der Waals surface area contributed by atoms with Crippen LogP contribution in [0.3, 0.4) is 0 Å². The van der Waals surface area contributed by atoms with Gasteiger partial charge in [-0.25, -0.2) is 15.0 Å². The number of alkyl halides is 3. The zero-order valence-electron chi connectivity index (χ0n) is 19.5. The fourth-order valence-electron chi connectivity index (χ4n) is 4.51. The maximum atomic E-state index is 13.4. The van der Waals surface area contributed by atoms with E-state index in [0.29, 0.717) is 29.3 Å². The van der Waals surface area contributed by atoms with Gasteiger partial charge >= 0.3 is 6.18 Å². The summed E-state index contributed by atoms with van der Waals surface area (Å²) in [4.78, 5) is 27.0. The van der Waals surface area contributed by atoms with Crippen LogP contribution >= 0.6 is 0 Å². The molecular weight excluding hydrogens is 445 g/mol. The number of hydrogen-bond donors (Lipinski definition) is 2. The molecule has 2 N–H and O–H groups in total. The number of nitrogens with zero attached hydrogens (tertiary/aromatic N) is 4. The van der Waals surface area contributed by atoms with Crippen molar-refractivity contribution in [2.75, 3.05) is 23.3 Å². The minimum Gasteiger partial charge on any atom is -0.363 e. The Bertz CT molecular complexity index is 1230. The molecule has 0 unspecified atom stereocenters. The lowest BCUT2D eigenvalue weighted by Crippen LogP contribution is -2.35. The molecule has 4 rings (SSSR count). The van der Waals surface area contributed by atoms with Gasteiger partial charge in [-0.1, -0.05) is 12.1 Å². The Morgan fingerprint density at radius 1 is 1.24 bits per heavy atom. The van der Waals surface area contributed by atoms with Crippen LogP contribution in [-0.2, 0) is 11.0 Å². The highest BCUT2D eigenvalue weighted by molar-refractivity contribution is 5.90. The van der Waals surface area contributed by atoms with Gasteiger partial charge in [-0.15, -0.1) is 0 Å². The molecule has 0 bridgehead atoms. The van der Waals surface area contributed by atoms with E-state index in [1.165, 1.54) is 19.9 Å². The minimum absolute atomic E-state index is 0.0609. The summed E-state index contributed by atoms with van der Waals surface area (Å²) in [5, 5.41) is 6.96. The number of fused-ring (bicyclic) bond motifs is 1. The first-order chi connectivity index (χ1) is 16.0. The summed E-state index contributed by atoms with van der Waals surface area (Å²) >= 11 is 0. The molecule has 2 aromatic heterocycles. The van der Waals surface area contributed by atoms with Crippen molar-refractivity contribution in [1.82, 2.24) is 20.3 Å². The van der Waals surface area contributed by atoms with E-state index < -0.39 is 17.8 Å². The van der Waals surface area contributed by atoms with Crippen molar-refractivity contribution >= 4 is 28.4 Å². The Morgan fingerprint density at radius 3 is 2.71 bits per heavy atom. The molecule has 1 saturated heterocycles. The molecule has 3 heterocycles. The molecule has 0 radical (unpaired) electrons. The van der Waals surface area contributed by atoms with Gasteiger partial charge in [0.05, 0.1) is 23.3 Å². The Labute approximate surface area is 195 Å². The number of aryl methyl sites for hydroxylation is 1. The third-order valence-electron chi connectivity index (χ3n) is 6.10. The molecule has 1 aliphatic rings. The standard InChI is InChI=1S/C24H27F3N6O/c1-13-18(6-5-7-20(13)24(25,26)27)14(2)29-23-19-10-22(28-11-21(19)30-15(3)31-23)33-9-8-17(12-33)32-16(4)34/h5-7,10-11,14,17H,8-9,12H2,1-4H3,(H,32,34)(H,29,30,31)/t14-,17-/m1/s1. The fourth-order valence-corrected chi connectivity index (χ4v) is 4.51. The van der Waals surface area contributed by atoms with Crippen molar-refractivity contribution in [1.29, 1.82) is 0 Å². The zero-order valence-corrected chi connectivity index (χ0v) is 19.5. The van der Waals surface area contributed by atoms with Gasteiger partial charge in [0.1, 0.15) is 17.5 Å². The maximum Gasteiger partial charge on any atom is 0.416 e. The number of carbonyl (C=O) groups is 1. The number of anilines is 2. The predicted octanol–water partition coefficient (Wildman–Crippen LogP) is 4.55. The van der Waals surface area contributed by atoms with E-state index in [9.17, 15) is 18.0 Å². The number of aromatic nitrogens is 3. The minimum atomic E-state index is -4.41. The normalized spacial score (nSPS) is 17.1. The molecule has 1 fully saturated rings. The van der Waals surface area contributed by atoms with Gasteiger partial charge in [0.25, 0.3) is 0 Å². The summed E-state index contributed by atoms with van der Waals surface area (Å²) in [6.07, 6.45) is -1.92. The third kappa shape index (κ3) is 4.90. The highest BCUT2D eigenvalue weighted by atomic mass is 19.4. The van der Waals surface area contributed by atoms with E-state index in [0.717, 1.165) is 30.2 Å². The van der Waals surface area contributed by atoms with Gasteiger partial charge in [-0.3, -0.25) is 4.79 Å². The average molecular weight is 473 g/mol. The molecule has 10 heteroatoms. The summed E-state index contributed by atoms with van der Waals surface area (Å²) in [5.41, 5.74) is 0.737. The van der Waals surface area contributed by atoms with Gasteiger partial charge in [0.2, 0.25) is 5.91 Å². The molecule has 1 amide bonds. The number of nitrogens with one attached hydrogen (secondary N) is 2. The van der Waals surface area contributed by atoms with Crippen molar-refractivity contribution in [2.45, 2.75) is 52.4 Å². The van der Waals surface area contributed by atoms with Crippen LogP contribution in [0.2, 0.25) is 0 Å². The lowest BCUT2D eigenvalue weighted by Gasteiger charge is -2.22. The highest BCUT2D eigenvalue weighted by Crippen LogP contribution is 2.36.